The zero-order valence-electron chi connectivity index (χ0n) is 25.6. The topological polar surface area (TPSA) is 238 Å². The third-order valence-corrected chi connectivity index (χ3v) is 8.27. The summed E-state index contributed by atoms with van der Waals surface area (Å²) in [7, 11) is 0. The van der Waals surface area contributed by atoms with Crippen molar-refractivity contribution in [3.8, 4) is 0 Å². The van der Waals surface area contributed by atoms with E-state index in [9.17, 15) is 43.5 Å². The lowest BCUT2D eigenvalue weighted by atomic mass is 9.85. The van der Waals surface area contributed by atoms with E-state index in [0.717, 1.165) is 0 Å². The number of carbonyl (C=O) groups is 8. The van der Waals surface area contributed by atoms with E-state index in [2.05, 4.69) is 0 Å². The Kier molecular flexibility index (Phi) is 18.4. The number of carbonyl (C=O) groups excluding carboxylic acids is 4. The van der Waals surface area contributed by atoms with Gasteiger partial charge in [-0.15, -0.1) is 0 Å². The molecule has 0 aromatic heterocycles. The Bertz CT molecular complexity index is 1090. The number of Topliss-reactive ketones (excluding diaryl/α,β-unsaturated/α-hetero) is 3. The van der Waals surface area contributed by atoms with Crippen LogP contribution in [0.4, 0.5) is 0 Å². The summed E-state index contributed by atoms with van der Waals surface area (Å²) >= 11 is 0. The van der Waals surface area contributed by atoms with Gasteiger partial charge in [-0.1, -0.05) is 6.08 Å². The van der Waals surface area contributed by atoms with Crippen LogP contribution in [0.3, 0.4) is 0 Å². The predicted octanol–water partition coefficient (Wildman–Crippen LogP) is 3.63. The second-order valence-electron chi connectivity index (χ2n) is 11.8. The van der Waals surface area contributed by atoms with E-state index in [1.165, 1.54) is 6.08 Å². The lowest BCUT2D eigenvalue weighted by molar-refractivity contribution is -0.138. The summed E-state index contributed by atoms with van der Waals surface area (Å²) in [5, 5.41) is 44.4. The maximum Gasteiger partial charge on any atom is 0.303 e. The van der Waals surface area contributed by atoms with Gasteiger partial charge in [0.2, 0.25) is 0 Å². The van der Waals surface area contributed by atoms with Gasteiger partial charge in [-0.2, -0.15) is 0 Å². The highest BCUT2D eigenvalue weighted by Gasteiger charge is 2.41. The standard InChI is InChI=1S/C16H24O7.C16H22O6/c17-10(3-1-2-4-15(20)21)5-6-11-12(7-8-16(22)23)14(19)9-13(11)18;17-12(3-1-2-4-15(19)20)7-5-11-6-9-14(18)13(11)8-10-16(21)22/h11-13,18H,1-9H2,(H,20,21)(H,22,23);6,9,11,13H,1-5,7-8,10H2,(H,19,20)(H,21,22)/t11-,12-,13-;11-,13+/m10/s1. The molecule has 0 heterocycles. The number of carboxylic acid groups (broad SMARTS) is 4. The lowest BCUT2D eigenvalue weighted by Crippen LogP contribution is -2.22. The van der Waals surface area contributed by atoms with Crippen LogP contribution in [0.2, 0.25) is 0 Å². The molecule has 0 saturated heterocycles. The molecule has 0 aromatic carbocycles. The van der Waals surface area contributed by atoms with E-state index >= 15 is 0 Å². The van der Waals surface area contributed by atoms with Gasteiger partial charge in [0.05, 0.1) is 6.10 Å². The first-order chi connectivity index (χ1) is 21.2. The summed E-state index contributed by atoms with van der Waals surface area (Å²) in [5.41, 5.74) is 0. The molecule has 0 spiro atoms. The van der Waals surface area contributed by atoms with Gasteiger partial charge in [-0.05, 0) is 69.3 Å². The first-order valence-corrected chi connectivity index (χ1v) is 15.5. The van der Waals surface area contributed by atoms with Crippen LogP contribution in [0.5, 0.6) is 0 Å². The highest BCUT2D eigenvalue weighted by molar-refractivity contribution is 5.94. The largest absolute Gasteiger partial charge is 0.481 e. The number of carboxylic acids is 4. The number of allylic oxidation sites excluding steroid dienone is 2. The van der Waals surface area contributed by atoms with Gasteiger partial charge < -0.3 is 25.5 Å². The molecule has 1 fully saturated rings. The molecule has 2 aliphatic carbocycles. The fraction of sp³-hybridized carbons (Fsp3) is 0.688. The minimum Gasteiger partial charge on any atom is -0.481 e. The fourth-order valence-electron chi connectivity index (χ4n) is 5.79. The van der Waals surface area contributed by atoms with Gasteiger partial charge in [-0.25, -0.2) is 0 Å². The average molecular weight is 639 g/mol. The summed E-state index contributed by atoms with van der Waals surface area (Å²) in [5.74, 6) is -5.00. The molecule has 0 amide bonds. The number of rotatable bonds is 22. The second-order valence-corrected chi connectivity index (χ2v) is 11.8. The molecular formula is C32H46O13. The van der Waals surface area contributed by atoms with E-state index in [1.807, 2.05) is 0 Å². The average Bonchev–Trinajstić information content (AvgIpc) is 3.44. The second kappa shape index (κ2) is 21.1. The van der Waals surface area contributed by atoms with Crippen LogP contribution >= 0.6 is 0 Å². The van der Waals surface area contributed by atoms with Crippen LogP contribution in [-0.4, -0.2) is 78.6 Å². The van der Waals surface area contributed by atoms with Crippen molar-refractivity contribution in [2.24, 2.45) is 23.7 Å². The van der Waals surface area contributed by atoms with Crippen molar-refractivity contribution in [2.45, 2.75) is 115 Å². The zero-order valence-corrected chi connectivity index (χ0v) is 25.6. The Morgan fingerprint density at radius 3 is 1.51 bits per heavy atom. The van der Waals surface area contributed by atoms with Crippen molar-refractivity contribution in [3.63, 3.8) is 0 Å². The Labute approximate surface area is 262 Å². The summed E-state index contributed by atoms with van der Waals surface area (Å²) in [6, 6.07) is 0. The highest BCUT2D eigenvalue weighted by Crippen LogP contribution is 2.36. The van der Waals surface area contributed by atoms with Gasteiger partial charge in [0.1, 0.15) is 17.3 Å². The first-order valence-electron chi connectivity index (χ1n) is 15.5. The number of hydrogen-bond acceptors (Lipinski definition) is 9. The molecule has 2 rings (SSSR count). The molecule has 13 nitrogen and oxygen atoms in total. The summed E-state index contributed by atoms with van der Waals surface area (Å²) in [6.45, 7) is 0. The van der Waals surface area contributed by atoms with Crippen molar-refractivity contribution in [1.82, 2.24) is 0 Å². The summed E-state index contributed by atoms with van der Waals surface area (Å²) < 4.78 is 0. The van der Waals surface area contributed by atoms with Crippen LogP contribution in [0.25, 0.3) is 0 Å². The quantitative estimate of drug-likeness (QED) is 0.107. The van der Waals surface area contributed by atoms with Gasteiger partial charge in [0, 0.05) is 69.6 Å². The Morgan fingerprint density at radius 2 is 1.02 bits per heavy atom. The van der Waals surface area contributed by atoms with E-state index in [-0.39, 0.29) is 85.8 Å². The number of aliphatic carboxylic acids is 4. The molecule has 0 radical (unpaired) electrons. The zero-order chi connectivity index (χ0) is 33.9. The Hall–Kier alpha value is -3.74. The Balaban J connectivity index is 0.000000450. The maximum absolute atomic E-state index is 11.8. The van der Waals surface area contributed by atoms with Gasteiger partial charge in [0.15, 0.2) is 5.78 Å². The van der Waals surface area contributed by atoms with Crippen LogP contribution in [-0.2, 0) is 38.4 Å². The maximum atomic E-state index is 11.8. The fourth-order valence-corrected chi connectivity index (χ4v) is 5.79. The molecule has 2 aliphatic rings. The van der Waals surface area contributed by atoms with Gasteiger partial charge in [-0.3, -0.25) is 38.4 Å². The van der Waals surface area contributed by atoms with Crippen molar-refractivity contribution in [2.75, 3.05) is 0 Å². The predicted molar refractivity (Wildman–Crippen MR) is 158 cm³/mol. The molecule has 0 aliphatic heterocycles. The lowest BCUT2D eigenvalue weighted by Gasteiger charge is -2.20. The third kappa shape index (κ3) is 16.8. The first kappa shape index (κ1) is 39.3. The molecule has 0 bridgehead atoms. The van der Waals surface area contributed by atoms with Crippen LogP contribution in [0.15, 0.2) is 12.2 Å². The number of hydrogen-bond donors (Lipinski definition) is 5. The Morgan fingerprint density at radius 1 is 0.578 bits per heavy atom. The van der Waals surface area contributed by atoms with Crippen LogP contribution in [0, 0.1) is 23.7 Å². The number of aliphatic hydroxyl groups is 1. The molecule has 45 heavy (non-hydrogen) atoms. The number of aliphatic hydroxyl groups excluding tert-OH is 1. The van der Waals surface area contributed by atoms with Crippen LogP contribution < -0.4 is 0 Å². The van der Waals surface area contributed by atoms with E-state index in [1.54, 1.807) is 6.08 Å². The molecule has 5 N–H and O–H groups in total. The summed E-state index contributed by atoms with van der Waals surface area (Å²) in [6.07, 6.45) is 7.09. The molecular weight excluding hydrogens is 592 g/mol. The minimum atomic E-state index is -0.979. The van der Waals surface area contributed by atoms with Crippen molar-refractivity contribution < 1.29 is 63.9 Å². The molecule has 252 valence electrons. The smallest absolute Gasteiger partial charge is 0.303 e. The monoisotopic (exact) mass is 638 g/mol. The molecule has 5 atom stereocenters. The molecule has 0 unspecified atom stereocenters. The number of unbranched alkanes of at least 4 members (excludes halogenated alkanes) is 2. The van der Waals surface area contributed by atoms with Gasteiger partial charge in [0.25, 0.3) is 0 Å². The molecule has 13 heteroatoms. The van der Waals surface area contributed by atoms with Crippen molar-refractivity contribution >= 4 is 47.0 Å². The minimum absolute atomic E-state index is 0.0149. The van der Waals surface area contributed by atoms with E-state index < -0.39 is 35.9 Å². The van der Waals surface area contributed by atoms with E-state index in [0.29, 0.717) is 64.2 Å². The summed E-state index contributed by atoms with van der Waals surface area (Å²) in [4.78, 5) is 89.0. The molecule has 1 saturated carbocycles. The van der Waals surface area contributed by atoms with E-state index in [4.69, 9.17) is 20.4 Å². The highest BCUT2D eigenvalue weighted by atomic mass is 16.4. The molecule has 0 aromatic rings. The van der Waals surface area contributed by atoms with Crippen molar-refractivity contribution in [3.05, 3.63) is 12.2 Å². The third-order valence-electron chi connectivity index (χ3n) is 8.27. The van der Waals surface area contributed by atoms with Crippen LogP contribution in [0.1, 0.15) is 109 Å². The van der Waals surface area contributed by atoms with Gasteiger partial charge >= 0.3 is 23.9 Å². The normalized spacial score (nSPS) is 22.1. The van der Waals surface area contributed by atoms with Crippen molar-refractivity contribution in [1.29, 1.82) is 0 Å². The number of ketones is 4. The SMILES string of the molecule is O=C(O)CCCCC(=O)CC[C@H]1C=CC(=O)[C@@H]1CCC(=O)O.O=C(O)CCCCC(=O)CC[C@H]1[C@H](O)CC(=O)[C@@H]1CCC(=O)O.